The van der Waals surface area contributed by atoms with Crippen molar-refractivity contribution in [2.24, 2.45) is 0 Å². The minimum atomic E-state index is -0.190. The lowest BCUT2D eigenvalue weighted by atomic mass is 10.1. The number of benzene rings is 1. The number of aryl methyl sites for hydroxylation is 2. The second-order valence-electron chi connectivity index (χ2n) is 4.33. The van der Waals surface area contributed by atoms with Gasteiger partial charge in [-0.05, 0) is 38.0 Å². The van der Waals surface area contributed by atoms with Gasteiger partial charge in [-0.25, -0.2) is 9.37 Å². The van der Waals surface area contributed by atoms with E-state index in [1.807, 2.05) is 30.7 Å². The van der Waals surface area contributed by atoms with Gasteiger partial charge in [0, 0.05) is 6.20 Å². The number of nitrogens with zero attached hydrogens (tertiary/aromatic N) is 2. The van der Waals surface area contributed by atoms with Crippen LogP contribution in [-0.2, 0) is 0 Å². The molecule has 2 rings (SSSR count). The Morgan fingerprint density at radius 1 is 1.35 bits per heavy atom. The van der Waals surface area contributed by atoms with E-state index < -0.39 is 0 Å². The van der Waals surface area contributed by atoms with Crippen LogP contribution in [0, 0.1) is 19.7 Å². The van der Waals surface area contributed by atoms with Crippen LogP contribution >= 0.6 is 0 Å². The number of aromatic nitrogens is 2. The molecule has 0 aliphatic heterocycles. The lowest BCUT2D eigenvalue weighted by molar-refractivity contribution is 0.600. The van der Waals surface area contributed by atoms with Crippen molar-refractivity contribution in [1.29, 1.82) is 0 Å². The highest BCUT2D eigenvalue weighted by Gasteiger charge is 2.12. The predicted octanol–water partition coefficient (Wildman–Crippen LogP) is 2.83. The standard InChI is InChI=1S/C13H16FN3/c1-8-4-5-11(6-12(8)14)10(3)17-7-9(2)16-13(17)15/h4-7,10H,1-3H3,(H2,15,16). The third-order valence-electron chi connectivity index (χ3n) is 2.98. The first-order chi connectivity index (χ1) is 7.99. The Labute approximate surface area is 100 Å². The third-order valence-corrected chi connectivity index (χ3v) is 2.98. The van der Waals surface area contributed by atoms with E-state index in [4.69, 9.17) is 5.73 Å². The zero-order valence-corrected chi connectivity index (χ0v) is 10.2. The highest BCUT2D eigenvalue weighted by Crippen LogP contribution is 2.23. The molecule has 0 bridgehead atoms. The molecule has 1 atom stereocenters. The Morgan fingerprint density at radius 3 is 2.59 bits per heavy atom. The summed E-state index contributed by atoms with van der Waals surface area (Å²) in [4.78, 5) is 4.14. The van der Waals surface area contributed by atoms with Gasteiger partial charge >= 0.3 is 0 Å². The minimum Gasteiger partial charge on any atom is -0.369 e. The maximum atomic E-state index is 13.5. The zero-order valence-electron chi connectivity index (χ0n) is 10.2. The van der Waals surface area contributed by atoms with Gasteiger partial charge in [0.1, 0.15) is 5.82 Å². The Hall–Kier alpha value is -1.84. The van der Waals surface area contributed by atoms with E-state index in [1.54, 1.807) is 19.1 Å². The second-order valence-corrected chi connectivity index (χ2v) is 4.33. The maximum Gasteiger partial charge on any atom is 0.200 e. The average molecular weight is 233 g/mol. The van der Waals surface area contributed by atoms with E-state index in [9.17, 15) is 4.39 Å². The Balaban J connectivity index is 2.40. The first-order valence-corrected chi connectivity index (χ1v) is 5.56. The van der Waals surface area contributed by atoms with Crippen molar-refractivity contribution < 1.29 is 4.39 Å². The molecular weight excluding hydrogens is 217 g/mol. The van der Waals surface area contributed by atoms with Crippen LogP contribution in [0.15, 0.2) is 24.4 Å². The Bertz CT molecular complexity index is 546. The fourth-order valence-electron chi connectivity index (χ4n) is 1.87. The number of hydrogen-bond donors (Lipinski definition) is 1. The highest BCUT2D eigenvalue weighted by molar-refractivity contribution is 5.30. The first kappa shape index (κ1) is 11.6. The number of imidazole rings is 1. The van der Waals surface area contributed by atoms with E-state index in [1.165, 1.54) is 0 Å². The Morgan fingerprint density at radius 2 is 2.06 bits per heavy atom. The number of rotatable bonds is 2. The van der Waals surface area contributed by atoms with Crippen LogP contribution in [0.3, 0.4) is 0 Å². The molecule has 3 nitrogen and oxygen atoms in total. The third kappa shape index (κ3) is 2.16. The number of nitrogen functional groups attached to an aromatic ring is 1. The van der Waals surface area contributed by atoms with Crippen LogP contribution in [0.1, 0.15) is 29.8 Å². The highest BCUT2D eigenvalue weighted by atomic mass is 19.1. The van der Waals surface area contributed by atoms with E-state index in [0.29, 0.717) is 11.5 Å². The summed E-state index contributed by atoms with van der Waals surface area (Å²) in [6.45, 7) is 5.61. The molecule has 0 spiro atoms. The van der Waals surface area contributed by atoms with Crippen LogP contribution in [-0.4, -0.2) is 9.55 Å². The minimum absolute atomic E-state index is 0.0219. The molecule has 90 valence electrons. The van der Waals surface area contributed by atoms with Crippen molar-refractivity contribution in [3.05, 3.63) is 47.0 Å². The SMILES string of the molecule is Cc1cn(C(C)c2ccc(C)c(F)c2)c(N)n1. The first-order valence-electron chi connectivity index (χ1n) is 5.56. The van der Waals surface area contributed by atoms with Crippen LogP contribution in [0.25, 0.3) is 0 Å². The normalized spacial score (nSPS) is 12.7. The largest absolute Gasteiger partial charge is 0.369 e. The smallest absolute Gasteiger partial charge is 0.200 e. The quantitative estimate of drug-likeness (QED) is 0.866. The second kappa shape index (κ2) is 4.20. The van der Waals surface area contributed by atoms with Crippen molar-refractivity contribution in [3.8, 4) is 0 Å². The molecule has 4 heteroatoms. The van der Waals surface area contributed by atoms with E-state index in [-0.39, 0.29) is 11.9 Å². The summed E-state index contributed by atoms with van der Waals surface area (Å²) >= 11 is 0. The molecule has 1 unspecified atom stereocenters. The summed E-state index contributed by atoms with van der Waals surface area (Å²) in [5.41, 5.74) is 8.20. The molecule has 0 fully saturated rings. The molecule has 0 radical (unpaired) electrons. The van der Waals surface area contributed by atoms with Gasteiger partial charge in [-0.1, -0.05) is 12.1 Å². The molecule has 0 aliphatic rings. The van der Waals surface area contributed by atoms with Crippen molar-refractivity contribution in [2.45, 2.75) is 26.8 Å². The summed E-state index contributed by atoms with van der Waals surface area (Å²) in [6, 6.07) is 5.22. The van der Waals surface area contributed by atoms with Gasteiger partial charge in [-0.15, -0.1) is 0 Å². The molecule has 1 aromatic heterocycles. The maximum absolute atomic E-state index is 13.5. The molecule has 17 heavy (non-hydrogen) atoms. The van der Waals surface area contributed by atoms with Gasteiger partial charge < -0.3 is 10.3 Å². The van der Waals surface area contributed by atoms with Gasteiger partial charge in [-0.2, -0.15) is 0 Å². The van der Waals surface area contributed by atoms with Crippen LogP contribution < -0.4 is 5.73 Å². The lowest BCUT2D eigenvalue weighted by Crippen LogP contribution is -2.09. The number of nitrogens with two attached hydrogens (primary N) is 1. The van der Waals surface area contributed by atoms with Crippen molar-refractivity contribution >= 4 is 5.95 Å². The molecule has 0 saturated heterocycles. The van der Waals surface area contributed by atoms with Gasteiger partial charge in [0.15, 0.2) is 0 Å². The summed E-state index contributed by atoms with van der Waals surface area (Å²) in [7, 11) is 0. The van der Waals surface area contributed by atoms with Crippen molar-refractivity contribution in [1.82, 2.24) is 9.55 Å². The Kier molecular flexibility index (Phi) is 2.88. The molecule has 2 aromatic rings. The molecule has 1 aromatic carbocycles. The van der Waals surface area contributed by atoms with Crippen molar-refractivity contribution in [3.63, 3.8) is 0 Å². The van der Waals surface area contributed by atoms with Gasteiger partial charge in [0.2, 0.25) is 5.95 Å². The van der Waals surface area contributed by atoms with Crippen LogP contribution in [0.2, 0.25) is 0 Å². The average Bonchev–Trinajstić information content (AvgIpc) is 2.61. The summed E-state index contributed by atoms with van der Waals surface area (Å²) in [5, 5.41) is 0. The monoisotopic (exact) mass is 233 g/mol. The summed E-state index contributed by atoms with van der Waals surface area (Å²) < 4.78 is 15.4. The van der Waals surface area contributed by atoms with Gasteiger partial charge in [0.05, 0.1) is 11.7 Å². The summed E-state index contributed by atoms with van der Waals surface area (Å²) in [5.74, 6) is 0.265. The molecule has 0 saturated carbocycles. The fourth-order valence-corrected chi connectivity index (χ4v) is 1.87. The van der Waals surface area contributed by atoms with Crippen LogP contribution in [0.4, 0.5) is 10.3 Å². The van der Waals surface area contributed by atoms with E-state index >= 15 is 0 Å². The number of halogens is 1. The topological polar surface area (TPSA) is 43.8 Å². The van der Waals surface area contributed by atoms with Gasteiger partial charge in [-0.3, -0.25) is 0 Å². The zero-order chi connectivity index (χ0) is 12.6. The molecule has 2 N–H and O–H groups in total. The number of hydrogen-bond acceptors (Lipinski definition) is 2. The lowest BCUT2D eigenvalue weighted by Gasteiger charge is -2.15. The van der Waals surface area contributed by atoms with E-state index in [2.05, 4.69) is 4.98 Å². The van der Waals surface area contributed by atoms with E-state index in [0.717, 1.165) is 11.3 Å². The number of anilines is 1. The van der Waals surface area contributed by atoms with Crippen LogP contribution in [0.5, 0.6) is 0 Å². The molecule has 0 amide bonds. The summed E-state index contributed by atoms with van der Waals surface area (Å²) in [6.07, 6.45) is 1.87. The van der Waals surface area contributed by atoms with Gasteiger partial charge in [0.25, 0.3) is 0 Å². The van der Waals surface area contributed by atoms with Crippen molar-refractivity contribution in [2.75, 3.05) is 5.73 Å². The molecular formula is C13H16FN3. The predicted molar refractivity (Wildman–Crippen MR) is 66.3 cm³/mol. The molecule has 1 heterocycles. The molecule has 0 aliphatic carbocycles. The fraction of sp³-hybridized carbons (Fsp3) is 0.308.